The molecule has 0 aromatic rings. The van der Waals surface area contributed by atoms with Crippen molar-refractivity contribution in [1.29, 1.82) is 5.26 Å². The third kappa shape index (κ3) is 1.81. The number of nitrogens with two attached hydrogens (primary N) is 1. The van der Waals surface area contributed by atoms with Crippen LogP contribution in [0.3, 0.4) is 0 Å². The monoisotopic (exact) mass is 181 g/mol. The average Bonchev–Trinajstić information content (AvgIpc) is 2.01. The smallest absolute Gasteiger partial charge is 0.240 e. The molecule has 4 heteroatoms. The zero-order valence-corrected chi connectivity index (χ0v) is 8.03. The molecule has 2 N–H and O–H groups in total. The van der Waals surface area contributed by atoms with Crippen LogP contribution in [0.2, 0.25) is 0 Å². The Kier molecular flexibility index (Phi) is 2.89. The number of nitrogens with zero attached hydrogens (tertiary/aromatic N) is 2. The second-order valence-electron chi connectivity index (χ2n) is 3.74. The lowest BCUT2D eigenvalue weighted by Gasteiger charge is -2.38. The minimum atomic E-state index is -0.462. The van der Waals surface area contributed by atoms with Crippen LogP contribution < -0.4 is 5.73 Å². The molecule has 0 saturated carbocycles. The second-order valence-corrected chi connectivity index (χ2v) is 3.74. The van der Waals surface area contributed by atoms with E-state index >= 15 is 0 Å². The summed E-state index contributed by atoms with van der Waals surface area (Å²) in [4.78, 5) is 13.1. The van der Waals surface area contributed by atoms with Gasteiger partial charge in [-0.1, -0.05) is 13.8 Å². The summed E-state index contributed by atoms with van der Waals surface area (Å²) in [5.74, 6) is 0.0419. The highest BCUT2D eigenvalue weighted by Gasteiger charge is 2.35. The van der Waals surface area contributed by atoms with E-state index in [0.29, 0.717) is 6.54 Å². The molecular formula is C9H15N3O. The number of hydrogen-bond acceptors (Lipinski definition) is 3. The van der Waals surface area contributed by atoms with E-state index in [1.807, 2.05) is 13.8 Å². The minimum Gasteiger partial charge on any atom is -0.325 e. The quantitative estimate of drug-likeness (QED) is 0.656. The molecule has 1 rings (SSSR count). The molecule has 1 fully saturated rings. The van der Waals surface area contributed by atoms with Gasteiger partial charge in [0, 0.05) is 6.54 Å². The standard InChI is InChI=1S/C9H15N3O/c1-6(2)8(11)9(13)12-4-3-7(12)5-10/h6-8H,3-4,11H2,1-2H3. The van der Waals surface area contributed by atoms with Crippen molar-refractivity contribution in [3.63, 3.8) is 0 Å². The summed E-state index contributed by atoms with van der Waals surface area (Å²) in [6.07, 6.45) is 0.785. The summed E-state index contributed by atoms with van der Waals surface area (Å²) in [7, 11) is 0. The van der Waals surface area contributed by atoms with E-state index in [1.165, 1.54) is 0 Å². The fourth-order valence-corrected chi connectivity index (χ4v) is 1.26. The van der Waals surface area contributed by atoms with Crippen LogP contribution in [0, 0.1) is 17.2 Å². The lowest BCUT2D eigenvalue weighted by molar-refractivity contribution is -0.139. The molecule has 2 unspecified atom stereocenters. The number of likely N-dealkylation sites (tertiary alicyclic amines) is 1. The fourth-order valence-electron chi connectivity index (χ4n) is 1.26. The molecule has 1 amide bonds. The first-order chi connectivity index (χ1) is 6.07. The zero-order valence-electron chi connectivity index (χ0n) is 8.03. The van der Waals surface area contributed by atoms with E-state index in [4.69, 9.17) is 11.0 Å². The van der Waals surface area contributed by atoms with Crippen LogP contribution in [0.4, 0.5) is 0 Å². The van der Waals surface area contributed by atoms with E-state index in [0.717, 1.165) is 6.42 Å². The van der Waals surface area contributed by atoms with Crippen molar-refractivity contribution in [2.75, 3.05) is 6.54 Å². The molecule has 4 nitrogen and oxygen atoms in total. The van der Waals surface area contributed by atoms with Crippen molar-refractivity contribution in [3.05, 3.63) is 0 Å². The highest BCUT2D eigenvalue weighted by Crippen LogP contribution is 2.18. The Morgan fingerprint density at radius 2 is 2.31 bits per heavy atom. The molecule has 0 aromatic carbocycles. The van der Waals surface area contributed by atoms with Crippen LogP contribution in [0.5, 0.6) is 0 Å². The number of hydrogen-bond donors (Lipinski definition) is 1. The fraction of sp³-hybridized carbons (Fsp3) is 0.778. The highest BCUT2D eigenvalue weighted by molar-refractivity contribution is 5.83. The van der Waals surface area contributed by atoms with Crippen molar-refractivity contribution in [1.82, 2.24) is 4.90 Å². The van der Waals surface area contributed by atoms with Gasteiger partial charge in [0.05, 0.1) is 12.1 Å². The van der Waals surface area contributed by atoms with Gasteiger partial charge >= 0.3 is 0 Å². The van der Waals surface area contributed by atoms with Crippen molar-refractivity contribution in [3.8, 4) is 6.07 Å². The molecule has 1 aliphatic rings. The van der Waals surface area contributed by atoms with Gasteiger partial charge in [-0.15, -0.1) is 0 Å². The van der Waals surface area contributed by atoms with E-state index in [-0.39, 0.29) is 17.9 Å². The van der Waals surface area contributed by atoms with Crippen LogP contribution in [0.15, 0.2) is 0 Å². The van der Waals surface area contributed by atoms with Gasteiger partial charge in [0.1, 0.15) is 6.04 Å². The molecule has 1 aliphatic heterocycles. The normalized spacial score (nSPS) is 23.6. The molecule has 0 aromatic heterocycles. The Morgan fingerprint density at radius 1 is 1.69 bits per heavy atom. The number of nitriles is 1. The molecule has 1 saturated heterocycles. The molecule has 0 spiro atoms. The Morgan fingerprint density at radius 3 is 2.62 bits per heavy atom. The zero-order chi connectivity index (χ0) is 10.0. The lowest BCUT2D eigenvalue weighted by Crippen LogP contribution is -2.56. The third-order valence-corrected chi connectivity index (χ3v) is 2.46. The average molecular weight is 181 g/mol. The van der Waals surface area contributed by atoms with Gasteiger partial charge in [-0.25, -0.2) is 0 Å². The minimum absolute atomic E-state index is 0.0900. The van der Waals surface area contributed by atoms with Crippen molar-refractivity contribution < 1.29 is 4.79 Å². The van der Waals surface area contributed by atoms with Gasteiger partial charge in [0.2, 0.25) is 5.91 Å². The maximum Gasteiger partial charge on any atom is 0.240 e. The van der Waals surface area contributed by atoms with Crippen LogP contribution in [0.25, 0.3) is 0 Å². The van der Waals surface area contributed by atoms with Gasteiger partial charge in [0.15, 0.2) is 0 Å². The second kappa shape index (κ2) is 3.75. The molecule has 72 valence electrons. The first-order valence-corrected chi connectivity index (χ1v) is 4.53. The number of carbonyl (C=O) groups is 1. The number of rotatable bonds is 2. The van der Waals surface area contributed by atoms with Crippen molar-refractivity contribution >= 4 is 5.91 Å². The van der Waals surface area contributed by atoms with Gasteiger partial charge in [0.25, 0.3) is 0 Å². The van der Waals surface area contributed by atoms with Gasteiger partial charge in [-0.2, -0.15) is 5.26 Å². The Hall–Kier alpha value is -1.08. The van der Waals surface area contributed by atoms with E-state index in [2.05, 4.69) is 6.07 Å². The molecule has 0 radical (unpaired) electrons. The van der Waals surface area contributed by atoms with Crippen LogP contribution >= 0.6 is 0 Å². The molecule has 0 aliphatic carbocycles. The Balaban J connectivity index is 2.54. The lowest BCUT2D eigenvalue weighted by atomic mass is 9.98. The Bertz CT molecular complexity index is 244. The number of amides is 1. The Labute approximate surface area is 78.3 Å². The van der Waals surface area contributed by atoms with Crippen LogP contribution in [-0.2, 0) is 4.79 Å². The number of carbonyl (C=O) groups excluding carboxylic acids is 1. The maximum absolute atomic E-state index is 11.6. The van der Waals surface area contributed by atoms with Gasteiger partial charge < -0.3 is 10.6 Å². The van der Waals surface area contributed by atoms with Crippen molar-refractivity contribution in [2.24, 2.45) is 11.7 Å². The maximum atomic E-state index is 11.6. The van der Waals surface area contributed by atoms with E-state index < -0.39 is 6.04 Å². The topological polar surface area (TPSA) is 70.1 Å². The first kappa shape index (κ1) is 10.0. The third-order valence-electron chi connectivity index (χ3n) is 2.46. The van der Waals surface area contributed by atoms with Crippen molar-refractivity contribution in [2.45, 2.75) is 32.4 Å². The summed E-state index contributed by atoms with van der Waals surface area (Å²) >= 11 is 0. The SMILES string of the molecule is CC(C)C(N)C(=O)N1CCC1C#N. The summed E-state index contributed by atoms with van der Waals surface area (Å²) < 4.78 is 0. The highest BCUT2D eigenvalue weighted by atomic mass is 16.2. The van der Waals surface area contributed by atoms with Gasteiger partial charge in [-0.3, -0.25) is 4.79 Å². The summed E-state index contributed by atoms with van der Waals surface area (Å²) in [5.41, 5.74) is 5.69. The molecule has 1 heterocycles. The molecule has 2 atom stereocenters. The van der Waals surface area contributed by atoms with E-state index in [9.17, 15) is 4.79 Å². The van der Waals surface area contributed by atoms with Gasteiger partial charge in [-0.05, 0) is 12.3 Å². The molecule has 13 heavy (non-hydrogen) atoms. The predicted molar refractivity (Wildman–Crippen MR) is 48.5 cm³/mol. The van der Waals surface area contributed by atoms with E-state index in [1.54, 1.807) is 4.90 Å². The van der Waals surface area contributed by atoms with Crippen LogP contribution in [-0.4, -0.2) is 29.4 Å². The largest absolute Gasteiger partial charge is 0.325 e. The summed E-state index contributed by atoms with van der Waals surface area (Å²) in [6, 6.07) is 1.38. The summed E-state index contributed by atoms with van der Waals surface area (Å²) in [6.45, 7) is 4.49. The molecule has 0 bridgehead atoms. The first-order valence-electron chi connectivity index (χ1n) is 4.53. The molecular weight excluding hydrogens is 166 g/mol. The van der Waals surface area contributed by atoms with Crippen LogP contribution in [0.1, 0.15) is 20.3 Å². The predicted octanol–water partition coefficient (Wildman–Crippen LogP) is 0.0942. The summed E-state index contributed by atoms with van der Waals surface area (Å²) in [5, 5.41) is 8.64.